The molecule has 156 valence electrons. The van der Waals surface area contributed by atoms with Gasteiger partial charge in [-0.05, 0) is 63.6 Å². The van der Waals surface area contributed by atoms with Crippen LogP contribution in [0.15, 0.2) is 48.5 Å². The van der Waals surface area contributed by atoms with Crippen LogP contribution in [0.1, 0.15) is 50.9 Å². The van der Waals surface area contributed by atoms with Gasteiger partial charge in [-0.2, -0.15) is 0 Å². The number of para-hydroxylation sites is 2. The Labute approximate surface area is 173 Å². The number of ether oxygens (including phenoxy) is 1. The van der Waals surface area contributed by atoms with Gasteiger partial charge in [0, 0.05) is 16.8 Å². The highest BCUT2D eigenvalue weighted by molar-refractivity contribution is 5.97. The second-order valence-electron chi connectivity index (χ2n) is 7.88. The predicted molar refractivity (Wildman–Crippen MR) is 118 cm³/mol. The number of hydrogen-bond acceptors (Lipinski definition) is 4. The third-order valence-corrected chi connectivity index (χ3v) is 4.00. The molecule has 0 heterocycles. The smallest absolute Gasteiger partial charge is 0.251 e. The zero-order valence-electron chi connectivity index (χ0n) is 17.7. The fraction of sp³-hybridized carbons (Fsp3) is 0.391. The van der Waals surface area contributed by atoms with Gasteiger partial charge in [-0.3, -0.25) is 9.59 Å². The average Bonchev–Trinajstić information content (AvgIpc) is 2.66. The molecular weight excluding hydrogens is 366 g/mol. The van der Waals surface area contributed by atoms with E-state index in [0.717, 1.165) is 24.3 Å². The average molecular weight is 398 g/mol. The summed E-state index contributed by atoms with van der Waals surface area (Å²) in [6.07, 6.45) is 2.05. The Morgan fingerprint density at radius 3 is 2.34 bits per heavy atom. The largest absolute Gasteiger partial charge is 0.491 e. The maximum absolute atomic E-state index is 12.3. The number of carbonyl (C=O) groups excluding carboxylic acids is 2. The molecule has 0 spiro atoms. The van der Waals surface area contributed by atoms with Gasteiger partial charge in [-0.1, -0.05) is 25.5 Å². The fourth-order valence-corrected chi connectivity index (χ4v) is 2.56. The molecule has 0 unspecified atom stereocenters. The van der Waals surface area contributed by atoms with E-state index < -0.39 is 0 Å². The number of amides is 2. The maximum atomic E-state index is 12.3. The molecule has 3 N–H and O–H groups in total. The summed E-state index contributed by atoms with van der Waals surface area (Å²) in [5.74, 6) is 0.417. The van der Waals surface area contributed by atoms with Gasteiger partial charge in [0.25, 0.3) is 5.91 Å². The number of rotatable bonds is 9. The molecule has 0 saturated heterocycles. The van der Waals surface area contributed by atoms with Gasteiger partial charge in [0.05, 0.1) is 18.8 Å². The lowest BCUT2D eigenvalue weighted by Gasteiger charge is -2.20. The summed E-state index contributed by atoms with van der Waals surface area (Å²) < 4.78 is 5.77. The minimum absolute atomic E-state index is 0.112. The van der Waals surface area contributed by atoms with Crippen molar-refractivity contribution in [1.82, 2.24) is 5.32 Å². The number of unbranched alkanes of at least 4 members (excludes halogenated alkanes) is 1. The molecule has 2 rings (SSSR count). The van der Waals surface area contributed by atoms with Crippen molar-refractivity contribution in [1.29, 1.82) is 0 Å². The van der Waals surface area contributed by atoms with E-state index in [9.17, 15) is 9.59 Å². The molecule has 6 nitrogen and oxygen atoms in total. The zero-order valence-corrected chi connectivity index (χ0v) is 17.7. The van der Waals surface area contributed by atoms with Gasteiger partial charge in [-0.15, -0.1) is 0 Å². The summed E-state index contributed by atoms with van der Waals surface area (Å²) in [7, 11) is 0. The second kappa shape index (κ2) is 10.5. The van der Waals surface area contributed by atoms with E-state index >= 15 is 0 Å². The third-order valence-electron chi connectivity index (χ3n) is 4.00. The van der Waals surface area contributed by atoms with Gasteiger partial charge in [0.2, 0.25) is 5.91 Å². The van der Waals surface area contributed by atoms with Crippen molar-refractivity contribution in [3.8, 4) is 5.75 Å². The summed E-state index contributed by atoms with van der Waals surface area (Å²) in [6, 6.07) is 14.4. The van der Waals surface area contributed by atoms with Crippen LogP contribution < -0.4 is 20.7 Å². The Bertz CT molecular complexity index is 811. The molecular formula is C23H31N3O3. The fourth-order valence-electron chi connectivity index (χ4n) is 2.56. The van der Waals surface area contributed by atoms with E-state index in [1.165, 1.54) is 0 Å². The standard InChI is InChI=1S/C23H31N3O3/c1-5-6-15-29-20-10-8-7-9-19(20)24-16-21(27)25-18-13-11-17(12-14-18)22(28)26-23(2,3)4/h7-14,24H,5-6,15-16H2,1-4H3,(H,25,27)(H,26,28). The molecule has 29 heavy (non-hydrogen) atoms. The molecule has 0 fully saturated rings. The van der Waals surface area contributed by atoms with Gasteiger partial charge in [0.1, 0.15) is 5.75 Å². The molecule has 2 aromatic carbocycles. The minimum Gasteiger partial charge on any atom is -0.491 e. The number of hydrogen-bond donors (Lipinski definition) is 3. The number of nitrogens with one attached hydrogen (secondary N) is 3. The number of benzene rings is 2. The lowest BCUT2D eigenvalue weighted by Crippen LogP contribution is -2.40. The normalized spacial score (nSPS) is 10.9. The molecule has 0 aliphatic carbocycles. The zero-order chi connectivity index (χ0) is 21.3. The topological polar surface area (TPSA) is 79.5 Å². The summed E-state index contributed by atoms with van der Waals surface area (Å²) in [6.45, 7) is 8.66. The summed E-state index contributed by atoms with van der Waals surface area (Å²) in [5.41, 5.74) is 1.67. The first-order chi connectivity index (χ1) is 13.8. The molecule has 0 saturated carbocycles. The van der Waals surface area contributed by atoms with Crippen LogP contribution in [0.3, 0.4) is 0 Å². The molecule has 0 aliphatic heterocycles. The Kier molecular flexibility index (Phi) is 8.07. The Hall–Kier alpha value is -3.02. The molecule has 2 amide bonds. The number of carbonyl (C=O) groups is 2. The second-order valence-corrected chi connectivity index (χ2v) is 7.88. The Morgan fingerprint density at radius 1 is 1.00 bits per heavy atom. The van der Waals surface area contributed by atoms with Crippen molar-refractivity contribution < 1.29 is 14.3 Å². The SMILES string of the molecule is CCCCOc1ccccc1NCC(=O)Nc1ccc(C(=O)NC(C)(C)C)cc1. The van der Waals surface area contributed by atoms with E-state index in [4.69, 9.17) is 4.74 Å². The summed E-state index contributed by atoms with van der Waals surface area (Å²) in [5, 5.41) is 8.85. The highest BCUT2D eigenvalue weighted by Crippen LogP contribution is 2.23. The lowest BCUT2D eigenvalue weighted by molar-refractivity contribution is -0.114. The van der Waals surface area contributed by atoms with Crippen LogP contribution in [-0.2, 0) is 4.79 Å². The lowest BCUT2D eigenvalue weighted by atomic mass is 10.1. The molecule has 0 bridgehead atoms. The van der Waals surface area contributed by atoms with Gasteiger partial charge in [0.15, 0.2) is 0 Å². The third kappa shape index (κ3) is 7.86. The molecule has 0 aliphatic rings. The molecule has 2 aromatic rings. The van der Waals surface area contributed by atoms with Crippen molar-refractivity contribution in [3.05, 3.63) is 54.1 Å². The summed E-state index contributed by atoms with van der Waals surface area (Å²) in [4.78, 5) is 24.4. The Morgan fingerprint density at radius 2 is 1.69 bits per heavy atom. The van der Waals surface area contributed by atoms with Crippen LogP contribution in [0.4, 0.5) is 11.4 Å². The van der Waals surface area contributed by atoms with Crippen molar-refractivity contribution in [2.45, 2.75) is 46.1 Å². The highest BCUT2D eigenvalue weighted by Gasteiger charge is 2.15. The van der Waals surface area contributed by atoms with Gasteiger partial charge in [-0.25, -0.2) is 0 Å². The van der Waals surface area contributed by atoms with Crippen molar-refractivity contribution in [2.75, 3.05) is 23.8 Å². The molecule has 0 atom stereocenters. The molecule has 6 heteroatoms. The van der Waals surface area contributed by atoms with Crippen LogP contribution in [0.2, 0.25) is 0 Å². The Balaban J connectivity index is 1.88. The van der Waals surface area contributed by atoms with Crippen LogP contribution in [0.25, 0.3) is 0 Å². The van der Waals surface area contributed by atoms with Gasteiger partial charge < -0.3 is 20.7 Å². The predicted octanol–water partition coefficient (Wildman–Crippen LogP) is 4.44. The molecule has 0 aromatic heterocycles. The first kappa shape index (κ1) is 22.3. The van der Waals surface area contributed by atoms with Crippen LogP contribution >= 0.6 is 0 Å². The first-order valence-electron chi connectivity index (χ1n) is 9.96. The van der Waals surface area contributed by atoms with Crippen LogP contribution in [0.5, 0.6) is 5.75 Å². The van der Waals surface area contributed by atoms with Crippen LogP contribution in [-0.4, -0.2) is 30.5 Å². The van der Waals surface area contributed by atoms with E-state index in [0.29, 0.717) is 17.9 Å². The van der Waals surface area contributed by atoms with Crippen molar-refractivity contribution in [2.24, 2.45) is 0 Å². The molecule has 0 radical (unpaired) electrons. The number of anilines is 2. The monoisotopic (exact) mass is 397 g/mol. The van der Waals surface area contributed by atoms with E-state index in [-0.39, 0.29) is 23.9 Å². The highest BCUT2D eigenvalue weighted by atomic mass is 16.5. The quantitative estimate of drug-likeness (QED) is 0.547. The summed E-state index contributed by atoms with van der Waals surface area (Å²) >= 11 is 0. The van der Waals surface area contributed by atoms with E-state index in [1.807, 2.05) is 45.0 Å². The van der Waals surface area contributed by atoms with E-state index in [2.05, 4.69) is 22.9 Å². The van der Waals surface area contributed by atoms with Crippen molar-refractivity contribution >= 4 is 23.2 Å². The van der Waals surface area contributed by atoms with Crippen molar-refractivity contribution in [3.63, 3.8) is 0 Å². The minimum atomic E-state index is -0.299. The maximum Gasteiger partial charge on any atom is 0.251 e. The van der Waals surface area contributed by atoms with Crippen LogP contribution in [0, 0.1) is 0 Å². The first-order valence-corrected chi connectivity index (χ1v) is 9.96. The van der Waals surface area contributed by atoms with Gasteiger partial charge >= 0.3 is 0 Å². The van der Waals surface area contributed by atoms with E-state index in [1.54, 1.807) is 24.3 Å².